The van der Waals surface area contributed by atoms with Gasteiger partial charge in [-0.25, -0.2) is 0 Å². The summed E-state index contributed by atoms with van der Waals surface area (Å²) in [5, 5.41) is 5.15. The van der Waals surface area contributed by atoms with Crippen molar-refractivity contribution in [2.75, 3.05) is 0 Å². The number of hydrogen-bond acceptors (Lipinski definition) is 2. The lowest BCUT2D eigenvalue weighted by Crippen LogP contribution is -2.58. The van der Waals surface area contributed by atoms with Crippen LogP contribution in [0.3, 0.4) is 0 Å². The predicted molar refractivity (Wildman–Crippen MR) is 268 cm³/mol. The van der Waals surface area contributed by atoms with Crippen LogP contribution in [0.25, 0.3) is 55.0 Å². The van der Waals surface area contributed by atoms with Gasteiger partial charge in [0, 0.05) is 44.5 Å². The Bertz CT molecular complexity index is 3320. The molecule has 0 N–H and O–H groups in total. The molecule has 314 valence electrons. The minimum atomic E-state index is -0.0509. The van der Waals surface area contributed by atoms with E-state index in [1.54, 1.807) is 0 Å². The predicted octanol–water partition coefficient (Wildman–Crippen LogP) is 13.8. The van der Waals surface area contributed by atoms with Gasteiger partial charge in [0.2, 0.25) is 0 Å². The van der Waals surface area contributed by atoms with Gasteiger partial charge in [-0.15, -0.1) is 0 Å². The SMILES string of the molecule is CC(C)(C)c1ccc2c(c1)c1cc(C(C)(C)C)ccc1n2-c1cccc(Oc2ccc3c(c2)B2c4c(cccc4-n4c5ccc(C(C)(C)C)cc5c5cc(C(C)(C)C)cc2c54)O3)c1. The molecular formula is C58H57BN2O2. The lowest BCUT2D eigenvalue weighted by atomic mass is 9.34. The van der Waals surface area contributed by atoms with Crippen molar-refractivity contribution in [3.8, 4) is 34.4 Å². The third kappa shape index (κ3) is 6.17. The van der Waals surface area contributed by atoms with Crippen molar-refractivity contribution in [2.45, 2.75) is 105 Å². The van der Waals surface area contributed by atoms with Crippen LogP contribution >= 0.6 is 0 Å². The Balaban J connectivity index is 1.05. The lowest BCUT2D eigenvalue weighted by Gasteiger charge is -2.34. The number of aromatic nitrogens is 2. The normalized spacial score (nSPS) is 13.8. The first-order chi connectivity index (χ1) is 29.7. The third-order valence-corrected chi connectivity index (χ3v) is 13.8. The number of benzene rings is 7. The Kier molecular flexibility index (Phi) is 8.29. The lowest BCUT2D eigenvalue weighted by molar-refractivity contribution is 0.472. The Hall–Kier alpha value is -6.20. The first kappa shape index (κ1) is 39.6. The summed E-state index contributed by atoms with van der Waals surface area (Å²) < 4.78 is 18.6. The number of hydrogen-bond donors (Lipinski definition) is 0. The molecule has 0 bridgehead atoms. The van der Waals surface area contributed by atoms with Crippen molar-refractivity contribution in [2.24, 2.45) is 0 Å². The van der Waals surface area contributed by atoms with E-state index < -0.39 is 0 Å². The molecule has 5 heteroatoms. The zero-order valence-corrected chi connectivity index (χ0v) is 38.9. The largest absolute Gasteiger partial charge is 0.458 e. The molecule has 0 atom stereocenters. The number of ether oxygens (including phenoxy) is 2. The van der Waals surface area contributed by atoms with Crippen LogP contribution in [0.4, 0.5) is 0 Å². The van der Waals surface area contributed by atoms with E-state index in [4.69, 9.17) is 9.47 Å². The fourth-order valence-corrected chi connectivity index (χ4v) is 10.2. The number of rotatable bonds is 3. The molecule has 0 saturated carbocycles. The van der Waals surface area contributed by atoms with E-state index in [9.17, 15) is 0 Å². The summed E-state index contributed by atoms with van der Waals surface area (Å²) >= 11 is 0. The molecule has 4 nitrogen and oxygen atoms in total. The maximum Gasteiger partial charge on any atom is 0.256 e. The second-order valence-electron chi connectivity index (χ2n) is 22.4. The summed E-state index contributed by atoms with van der Waals surface area (Å²) in [4.78, 5) is 0. The molecule has 2 aliphatic heterocycles. The van der Waals surface area contributed by atoms with Gasteiger partial charge in [-0.2, -0.15) is 0 Å². The molecule has 0 saturated heterocycles. The molecule has 0 spiro atoms. The van der Waals surface area contributed by atoms with E-state index in [1.807, 2.05) is 0 Å². The van der Waals surface area contributed by atoms with Gasteiger partial charge in [0.05, 0.1) is 16.6 Å². The van der Waals surface area contributed by atoms with Crippen LogP contribution in [0, 0.1) is 0 Å². The van der Waals surface area contributed by atoms with Gasteiger partial charge in [0.15, 0.2) is 0 Å². The van der Waals surface area contributed by atoms with Crippen molar-refractivity contribution in [3.63, 3.8) is 0 Å². The van der Waals surface area contributed by atoms with Crippen LogP contribution in [-0.2, 0) is 21.7 Å². The monoisotopic (exact) mass is 824 g/mol. The molecule has 2 aliphatic rings. The molecule has 0 aliphatic carbocycles. The maximum absolute atomic E-state index is 6.90. The van der Waals surface area contributed by atoms with Gasteiger partial charge < -0.3 is 18.6 Å². The molecule has 63 heavy (non-hydrogen) atoms. The van der Waals surface area contributed by atoms with Crippen molar-refractivity contribution >= 4 is 66.7 Å². The number of fused-ring (bicyclic) bond motifs is 10. The van der Waals surface area contributed by atoms with Gasteiger partial charge in [0.1, 0.15) is 23.0 Å². The van der Waals surface area contributed by atoms with Crippen molar-refractivity contribution in [3.05, 3.63) is 150 Å². The van der Waals surface area contributed by atoms with Crippen LogP contribution in [0.15, 0.2) is 127 Å². The molecule has 0 radical (unpaired) electrons. The Labute approximate surface area is 372 Å². The summed E-state index contributed by atoms with van der Waals surface area (Å²) in [6.45, 7) is 27.6. The van der Waals surface area contributed by atoms with Crippen molar-refractivity contribution in [1.82, 2.24) is 9.13 Å². The molecule has 0 unspecified atom stereocenters. The van der Waals surface area contributed by atoms with Crippen molar-refractivity contribution < 1.29 is 9.47 Å². The minimum absolute atomic E-state index is 0.0300. The highest BCUT2D eigenvalue weighted by atomic mass is 16.5. The van der Waals surface area contributed by atoms with E-state index in [2.05, 4.69) is 220 Å². The summed E-state index contributed by atoms with van der Waals surface area (Å²) in [5.41, 5.74) is 16.2. The average Bonchev–Trinajstić information content (AvgIpc) is 3.73. The van der Waals surface area contributed by atoms with Gasteiger partial charge in [-0.3, -0.25) is 0 Å². The summed E-state index contributed by atoms with van der Waals surface area (Å²) in [5.74, 6) is 3.35. The van der Waals surface area contributed by atoms with E-state index in [0.29, 0.717) is 0 Å². The summed E-state index contributed by atoms with van der Waals surface area (Å²) in [6, 6.07) is 47.5. The molecule has 4 heterocycles. The van der Waals surface area contributed by atoms with Crippen LogP contribution < -0.4 is 25.9 Å². The maximum atomic E-state index is 6.90. The first-order valence-corrected chi connectivity index (χ1v) is 22.7. The standard InChI is InChI=1S/C58H57BN2O2/c1-55(2,3)34-19-23-47-41(27-34)42-28-35(56(4,5)6)20-24-48(42)60(47)38-15-13-16-39(32-38)62-40-22-26-51-45(33-40)59-46-31-37(58(10,11)12)30-44-43-29-36(57(7,8)9)21-25-49(43)61(54(44)46)50-17-14-18-52(63-51)53(50)59/h13-33H,1-12H3. The molecule has 2 aromatic heterocycles. The zero-order chi connectivity index (χ0) is 44.1. The first-order valence-electron chi connectivity index (χ1n) is 22.7. The van der Waals surface area contributed by atoms with Gasteiger partial charge in [0.25, 0.3) is 6.71 Å². The molecule has 0 amide bonds. The molecule has 0 fully saturated rings. The van der Waals surface area contributed by atoms with Crippen molar-refractivity contribution in [1.29, 1.82) is 0 Å². The van der Waals surface area contributed by atoms with E-state index in [-0.39, 0.29) is 28.4 Å². The molecular weight excluding hydrogens is 767 g/mol. The van der Waals surface area contributed by atoms with E-state index >= 15 is 0 Å². The average molecular weight is 825 g/mol. The molecule has 9 aromatic rings. The highest BCUT2D eigenvalue weighted by Crippen LogP contribution is 2.42. The Morgan fingerprint density at radius 1 is 0.429 bits per heavy atom. The topological polar surface area (TPSA) is 28.3 Å². The van der Waals surface area contributed by atoms with E-state index in [1.165, 1.54) is 82.5 Å². The van der Waals surface area contributed by atoms with Gasteiger partial charge in [-0.05, 0) is 145 Å². The highest BCUT2D eigenvalue weighted by Gasteiger charge is 2.41. The highest BCUT2D eigenvalue weighted by molar-refractivity contribution is 6.99. The molecule has 11 rings (SSSR count). The minimum Gasteiger partial charge on any atom is -0.458 e. The Morgan fingerprint density at radius 2 is 0.952 bits per heavy atom. The second-order valence-corrected chi connectivity index (χ2v) is 22.4. The van der Waals surface area contributed by atoms with Gasteiger partial charge >= 0.3 is 0 Å². The van der Waals surface area contributed by atoms with Crippen LogP contribution in [0.1, 0.15) is 105 Å². The van der Waals surface area contributed by atoms with Crippen LogP contribution in [-0.4, -0.2) is 15.8 Å². The molecule has 7 aromatic carbocycles. The third-order valence-electron chi connectivity index (χ3n) is 13.8. The Morgan fingerprint density at radius 3 is 1.54 bits per heavy atom. The quantitative estimate of drug-likeness (QED) is 0.166. The van der Waals surface area contributed by atoms with Gasteiger partial charge in [-0.1, -0.05) is 119 Å². The second kappa shape index (κ2) is 13.2. The number of nitrogens with zero attached hydrogens (tertiary/aromatic N) is 2. The fraction of sp³-hybridized carbons (Fsp3) is 0.276. The van der Waals surface area contributed by atoms with E-state index in [0.717, 1.165) is 34.1 Å². The van der Waals surface area contributed by atoms with Crippen LogP contribution in [0.2, 0.25) is 0 Å². The summed E-state index contributed by atoms with van der Waals surface area (Å²) in [6.07, 6.45) is 0. The zero-order valence-electron chi connectivity index (χ0n) is 38.9. The smallest absolute Gasteiger partial charge is 0.256 e. The summed E-state index contributed by atoms with van der Waals surface area (Å²) in [7, 11) is 0. The fourth-order valence-electron chi connectivity index (χ4n) is 10.2. The van der Waals surface area contributed by atoms with Crippen LogP contribution in [0.5, 0.6) is 23.0 Å².